The third kappa shape index (κ3) is 5.32. The van der Waals surface area contributed by atoms with Gasteiger partial charge in [-0.1, -0.05) is 37.3 Å². The zero-order chi connectivity index (χ0) is 24.1. The second-order valence-corrected chi connectivity index (χ2v) is 10.4. The smallest absolute Gasteiger partial charge is 0.341 e. The summed E-state index contributed by atoms with van der Waals surface area (Å²) in [6.45, 7) is 2.20. The van der Waals surface area contributed by atoms with E-state index in [0.717, 1.165) is 41.0 Å². The molecule has 1 aliphatic rings. The molecule has 1 N–H and O–H groups in total. The van der Waals surface area contributed by atoms with Gasteiger partial charge in [-0.15, -0.1) is 23.1 Å². The zero-order valence-electron chi connectivity index (χ0n) is 19.1. The van der Waals surface area contributed by atoms with E-state index < -0.39 is 5.97 Å². The lowest BCUT2D eigenvalue weighted by atomic mass is 9.88. The van der Waals surface area contributed by atoms with Gasteiger partial charge < -0.3 is 10.1 Å². The number of nitrogens with zero attached hydrogens (tertiary/aromatic N) is 2. The molecule has 4 rings (SSSR count). The van der Waals surface area contributed by atoms with E-state index in [4.69, 9.17) is 4.74 Å². The van der Waals surface area contributed by atoms with Gasteiger partial charge in [0.15, 0.2) is 0 Å². The van der Waals surface area contributed by atoms with Crippen molar-refractivity contribution in [3.63, 3.8) is 0 Å². The topological polar surface area (TPSA) is 92.1 Å². The van der Waals surface area contributed by atoms with Crippen LogP contribution in [0.2, 0.25) is 0 Å². The standard InChI is InChI=1S/C26H25N3O3S2/c1-16-8-10-19-21(14-16)34-25(23(19)26(31)32-2)29-22(30)12-13-33-24-18(15-27)9-11-20(28-24)17-6-4-3-5-7-17/h3-7,9,11,16H,8,10,12-14H2,1-2H3,(H,29,30). The van der Waals surface area contributed by atoms with Gasteiger partial charge in [-0.2, -0.15) is 5.26 Å². The first-order valence-corrected chi connectivity index (χ1v) is 12.9. The molecule has 174 valence electrons. The molecule has 0 fully saturated rings. The van der Waals surface area contributed by atoms with E-state index in [0.29, 0.717) is 32.8 Å². The molecule has 0 aliphatic heterocycles. The van der Waals surface area contributed by atoms with E-state index in [1.165, 1.54) is 30.2 Å². The van der Waals surface area contributed by atoms with Crippen LogP contribution in [0.1, 0.15) is 46.1 Å². The third-order valence-corrected chi connectivity index (χ3v) is 7.93. The van der Waals surface area contributed by atoms with Crippen LogP contribution in [-0.4, -0.2) is 29.7 Å². The van der Waals surface area contributed by atoms with Crippen LogP contribution in [0.3, 0.4) is 0 Å². The van der Waals surface area contributed by atoms with E-state index in [1.807, 2.05) is 36.4 Å². The second kappa shape index (κ2) is 10.9. The largest absolute Gasteiger partial charge is 0.465 e. The first-order chi connectivity index (χ1) is 16.5. The number of thioether (sulfide) groups is 1. The van der Waals surface area contributed by atoms with Gasteiger partial charge in [0, 0.05) is 22.6 Å². The van der Waals surface area contributed by atoms with Gasteiger partial charge in [0.2, 0.25) is 5.91 Å². The van der Waals surface area contributed by atoms with Crippen molar-refractivity contribution in [1.29, 1.82) is 5.26 Å². The Kier molecular flexibility index (Phi) is 7.66. The highest BCUT2D eigenvalue weighted by molar-refractivity contribution is 7.99. The Balaban J connectivity index is 1.44. The number of carbonyl (C=O) groups is 2. The number of aromatic nitrogens is 1. The van der Waals surface area contributed by atoms with Gasteiger partial charge >= 0.3 is 5.97 Å². The fourth-order valence-corrected chi connectivity index (χ4v) is 6.32. The van der Waals surface area contributed by atoms with Gasteiger partial charge in [0.25, 0.3) is 0 Å². The Labute approximate surface area is 207 Å². The number of hydrogen-bond acceptors (Lipinski definition) is 7. The van der Waals surface area contributed by atoms with Crippen LogP contribution in [0.15, 0.2) is 47.5 Å². The molecule has 0 radical (unpaired) electrons. The summed E-state index contributed by atoms with van der Waals surface area (Å²) >= 11 is 2.86. The molecular formula is C26H25N3O3S2. The Morgan fingerprint density at radius 3 is 2.79 bits per heavy atom. The molecule has 0 spiro atoms. The van der Waals surface area contributed by atoms with Crippen molar-refractivity contribution in [3.8, 4) is 17.3 Å². The fourth-order valence-electron chi connectivity index (χ4n) is 3.99. The van der Waals surface area contributed by atoms with Gasteiger partial charge in [-0.25, -0.2) is 9.78 Å². The molecule has 6 nitrogen and oxygen atoms in total. The molecule has 2 aromatic heterocycles. The summed E-state index contributed by atoms with van der Waals surface area (Å²) in [5.41, 5.74) is 3.75. The molecule has 1 amide bonds. The van der Waals surface area contributed by atoms with Gasteiger partial charge in [0.05, 0.1) is 23.9 Å². The number of thiophene rings is 1. The van der Waals surface area contributed by atoms with Crippen LogP contribution in [-0.2, 0) is 22.4 Å². The Morgan fingerprint density at radius 1 is 1.26 bits per heavy atom. The maximum Gasteiger partial charge on any atom is 0.341 e. The van der Waals surface area contributed by atoms with Gasteiger partial charge in [-0.3, -0.25) is 4.79 Å². The molecule has 1 aromatic carbocycles. The molecule has 34 heavy (non-hydrogen) atoms. The number of nitrogens with one attached hydrogen (secondary N) is 1. The average Bonchev–Trinajstić information content (AvgIpc) is 3.20. The maximum absolute atomic E-state index is 12.7. The summed E-state index contributed by atoms with van der Waals surface area (Å²) in [5, 5.41) is 13.6. The van der Waals surface area contributed by atoms with E-state index in [-0.39, 0.29) is 12.3 Å². The molecule has 1 aliphatic carbocycles. The van der Waals surface area contributed by atoms with E-state index in [2.05, 4.69) is 23.3 Å². The Bertz CT molecular complexity index is 1250. The van der Waals surface area contributed by atoms with Crippen LogP contribution < -0.4 is 5.32 Å². The highest BCUT2D eigenvalue weighted by Crippen LogP contribution is 2.40. The summed E-state index contributed by atoms with van der Waals surface area (Å²) in [6.07, 6.45) is 2.99. The van der Waals surface area contributed by atoms with Crippen LogP contribution in [0, 0.1) is 17.2 Å². The predicted molar refractivity (Wildman–Crippen MR) is 135 cm³/mol. The van der Waals surface area contributed by atoms with Crippen molar-refractivity contribution in [2.24, 2.45) is 5.92 Å². The van der Waals surface area contributed by atoms with Crippen molar-refractivity contribution in [2.45, 2.75) is 37.6 Å². The van der Waals surface area contributed by atoms with Crippen LogP contribution >= 0.6 is 23.1 Å². The first-order valence-electron chi connectivity index (χ1n) is 11.1. The highest BCUT2D eigenvalue weighted by atomic mass is 32.2. The minimum absolute atomic E-state index is 0.179. The number of rotatable bonds is 7. The van der Waals surface area contributed by atoms with Crippen molar-refractivity contribution >= 4 is 40.0 Å². The van der Waals surface area contributed by atoms with Crippen LogP contribution in [0.25, 0.3) is 11.3 Å². The fraction of sp³-hybridized carbons (Fsp3) is 0.308. The normalized spacial score (nSPS) is 14.7. The number of benzene rings is 1. The monoisotopic (exact) mass is 491 g/mol. The lowest BCUT2D eigenvalue weighted by Crippen LogP contribution is -2.16. The SMILES string of the molecule is COC(=O)c1c(NC(=O)CCSc2nc(-c3ccccc3)ccc2C#N)sc2c1CCC(C)C2. The number of amides is 1. The Hall–Kier alpha value is -3.15. The minimum Gasteiger partial charge on any atom is -0.465 e. The first kappa shape index (κ1) is 24.0. The summed E-state index contributed by atoms with van der Waals surface area (Å²) in [5.74, 6) is 0.436. The lowest BCUT2D eigenvalue weighted by Gasteiger charge is -2.18. The van der Waals surface area contributed by atoms with Crippen molar-refractivity contribution in [2.75, 3.05) is 18.2 Å². The molecule has 1 unspecified atom stereocenters. The van der Waals surface area contributed by atoms with Gasteiger partial charge in [-0.05, 0) is 42.9 Å². The van der Waals surface area contributed by atoms with Crippen LogP contribution in [0.4, 0.5) is 5.00 Å². The number of hydrogen-bond donors (Lipinski definition) is 1. The number of esters is 1. The second-order valence-electron chi connectivity index (χ2n) is 8.22. The molecule has 0 bridgehead atoms. The number of pyridine rings is 1. The summed E-state index contributed by atoms with van der Waals surface area (Å²) in [4.78, 5) is 31.0. The zero-order valence-corrected chi connectivity index (χ0v) is 20.7. The molecule has 0 saturated carbocycles. The maximum atomic E-state index is 12.7. The van der Waals surface area contributed by atoms with Crippen molar-refractivity contribution < 1.29 is 14.3 Å². The highest BCUT2D eigenvalue weighted by Gasteiger charge is 2.28. The molecule has 1 atom stereocenters. The Morgan fingerprint density at radius 2 is 2.06 bits per heavy atom. The number of ether oxygens (including phenoxy) is 1. The lowest BCUT2D eigenvalue weighted by molar-refractivity contribution is -0.115. The molecule has 3 aromatic rings. The van der Waals surface area contributed by atoms with E-state index in [1.54, 1.807) is 6.07 Å². The summed E-state index contributed by atoms with van der Waals surface area (Å²) < 4.78 is 5.00. The van der Waals surface area contributed by atoms with Crippen molar-refractivity contribution in [3.05, 3.63) is 64.0 Å². The number of methoxy groups -OCH3 is 1. The van der Waals surface area contributed by atoms with E-state index in [9.17, 15) is 14.9 Å². The quantitative estimate of drug-likeness (QED) is 0.336. The summed E-state index contributed by atoms with van der Waals surface area (Å²) in [6, 6.07) is 15.5. The summed E-state index contributed by atoms with van der Waals surface area (Å²) in [7, 11) is 1.36. The van der Waals surface area contributed by atoms with Gasteiger partial charge in [0.1, 0.15) is 16.1 Å². The number of anilines is 1. The molecule has 2 heterocycles. The van der Waals surface area contributed by atoms with Crippen LogP contribution in [0.5, 0.6) is 0 Å². The third-order valence-electron chi connectivity index (χ3n) is 5.77. The molecule has 0 saturated heterocycles. The van der Waals surface area contributed by atoms with E-state index >= 15 is 0 Å². The molecular weight excluding hydrogens is 466 g/mol. The number of carbonyl (C=O) groups excluding carboxylic acids is 2. The number of fused-ring (bicyclic) bond motifs is 1. The molecule has 8 heteroatoms. The number of nitriles is 1. The predicted octanol–water partition coefficient (Wildman–Crippen LogP) is 5.71. The van der Waals surface area contributed by atoms with Crippen molar-refractivity contribution in [1.82, 2.24) is 4.98 Å². The average molecular weight is 492 g/mol. The minimum atomic E-state index is -0.405.